The molecule has 0 aromatic rings. The van der Waals surface area contributed by atoms with Crippen LogP contribution in [0.1, 0.15) is 52.4 Å². The Morgan fingerprint density at radius 2 is 1.20 bits per heavy atom. The van der Waals surface area contributed by atoms with E-state index in [0.29, 0.717) is 0 Å². The Bertz CT molecular complexity index is 155. The first-order valence-corrected chi connectivity index (χ1v) is 8.39. The first kappa shape index (κ1) is 22.1. The topological polar surface area (TPSA) is 58.5 Å². The molecular formula is C16H40N4. The molecule has 0 unspecified atom stereocenters. The lowest BCUT2D eigenvalue weighted by molar-refractivity contribution is 0.272. The first-order valence-electron chi connectivity index (χ1n) is 8.39. The van der Waals surface area contributed by atoms with Crippen LogP contribution in [-0.2, 0) is 0 Å². The van der Waals surface area contributed by atoms with Gasteiger partial charge in [-0.05, 0) is 66.0 Å². The molecule has 0 radical (unpaired) electrons. The Morgan fingerprint density at radius 3 is 1.55 bits per heavy atom. The van der Waals surface area contributed by atoms with Crippen molar-refractivity contribution < 1.29 is 0 Å². The zero-order valence-electron chi connectivity index (χ0n) is 14.5. The van der Waals surface area contributed by atoms with E-state index in [4.69, 9.17) is 11.5 Å². The molecule has 0 aliphatic carbocycles. The highest BCUT2D eigenvalue weighted by Crippen LogP contribution is 1.97. The van der Waals surface area contributed by atoms with Gasteiger partial charge in [0.05, 0.1) is 0 Å². The van der Waals surface area contributed by atoms with Crippen LogP contribution in [0.3, 0.4) is 0 Å². The third-order valence-corrected chi connectivity index (χ3v) is 3.16. The molecule has 0 aromatic heterocycles. The molecule has 0 saturated heterocycles. The lowest BCUT2D eigenvalue weighted by Crippen LogP contribution is -2.31. The highest BCUT2D eigenvalue weighted by atomic mass is 15.1. The van der Waals surface area contributed by atoms with Gasteiger partial charge >= 0.3 is 0 Å². The fraction of sp³-hybridized carbons (Fsp3) is 1.00. The van der Waals surface area contributed by atoms with Gasteiger partial charge in [-0.15, -0.1) is 0 Å². The Morgan fingerprint density at radius 1 is 0.650 bits per heavy atom. The summed E-state index contributed by atoms with van der Waals surface area (Å²) >= 11 is 0. The van der Waals surface area contributed by atoms with E-state index in [9.17, 15) is 0 Å². The van der Waals surface area contributed by atoms with Gasteiger partial charge in [-0.25, -0.2) is 0 Å². The SMILES string of the molecule is CCCCN(CCN)CCCC.CN(C)CCCCN. The zero-order valence-corrected chi connectivity index (χ0v) is 14.5. The quantitative estimate of drug-likeness (QED) is 0.540. The number of hydrogen-bond donors (Lipinski definition) is 2. The molecule has 0 fully saturated rings. The molecule has 4 N–H and O–H groups in total. The second-order valence-corrected chi connectivity index (χ2v) is 5.64. The van der Waals surface area contributed by atoms with Gasteiger partial charge in [0.25, 0.3) is 0 Å². The van der Waals surface area contributed by atoms with Crippen molar-refractivity contribution in [2.24, 2.45) is 11.5 Å². The van der Waals surface area contributed by atoms with E-state index in [2.05, 4.69) is 37.7 Å². The van der Waals surface area contributed by atoms with Crippen LogP contribution < -0.4 is 11.5 Å². The summed E-state index contributed by atoms with van der Waals surface area (Å²) in [7, 11) is 4.16. The van der Waals surface area contributed by atoms with E-state index < -0.39 is 0 Å². The van der Waals surface area contributed by atoms with Crippen LogP contribution in [0, 0.1) is 0 Å². The van der Waals surface area contributed by atoms with Gasteiger partial charge in [0, 0.05) is 13.1 Å². The fourth-order valence-corrected chi connectivity index (χ4v) is 1.85. The number of nitrogens with two attached hydrogens (primary N) is 2. The summed E-state index contributed by atoms with van der Waals surface area (Å²) in [4.78, 5) is 4.66. The van der Waals surface area contributed by atoms with Crippen LogP contribution in [0.15, 0.2) is 0 Å². The van der Waals surface area contributed by atoms with E-state index in [1.165, 1.54) is 45.2 Å². The van der Waals surface area contributed by atoms with Crippen LogP contribution in [0.2, 0.25) is 0 Å². The molecule has 0 aliphatic heterocycles. The highest BCUT2D eigenvalue weighted by Gasteiger charge is 2.00. The molecule has 4 heteroatoms. The molecule has 0 bridgehead atoms. The molecule has 0 atom stereocenters. The van der Waals surface area contributed by atoms with Crippen molar-refractivity contribution in [3.63, 3.8) is 0 Å². The Kier molecular flexibility index (Phi) is 20.8. The number of rotatable bonds is 12. The summed E-state index contributed by atoms with van der Waals surface area (Å²) in [6, 6.07) is 0. The summed E-state index contributed by atoms with van der Waals surface area (Å²) in [5.74, 6) is 0. The first-order chi connectivity index (χ1) is 9.62. The predicted octanol–water partition coefficient (Wildman–Crippen LogP) is 2.13. The fourth-order valence-electron chi connectivity index (χ4n) is 1.85. The molecule has 0 spiro atoms. The summed E-state index contributed by atoms with van der Waals surface area (Å²) in [5.41, 5.74) is 10.8. The molecule has 124 valence electrons. The Balaban J connectivity index is 0. The number of unbranched alkanes of at least 4 members (excludes halogenated alkanes) is 3. The molecule has 0 aromatic carbocycles. The molecular weight excluding hydrogens is 248 g/mol. The zero-order chi connectivity index (χ0) is 15.6. The average Bonchev–Trinajstić information content (AvgIpc) is 2.42. The van der Waals surface area contributed by atoms with E-state index in [1.807, 2.05) is 0 Å². The summed E-state index contributed by atoms with van der Waals surface area (Å²) in [5, 5.41) is 0. The highest BCUT2D eigenvalue weighted by molar-refractivity contribution is 4.57. The second kappa shape index (κ2) is 18.8. The van der Waals surface area contributed by atoms with Crippen LogP contribution in [0.25, 0.3) is 0 Å². The van der Waals surface area contributed by atoms with Crippen LogP contribution >= 0.6 is 0 Å². The predicted molar refractivity (Wildman–Crippen MR) is 92.2 cm³/mol. The monoisotopic (exact) mass is 288 g/mol. The standard InChI is InChI=1S/C10H24N2.C6H16N2/c1-3-5-8-12(10-7-11)9-6-4-2;1-8(2)6-4-3-5-7/h3-11H2,1-2H3;3-7H2,1-2H3. The van der Waals surface area contributed by atoms with Gasteiger partial charge in [-0.1, -0.05) is 26.7 Å². The van der Waals surface area contributed by atoms with Gasteiger partial charge in [-0.3, -0.25) is 0 Å². The van der Waals surface area contributed by atoms with Crippen molar-refractivity contribution in [2.75, 3.05) is 53.4 Å². The van der Waals surface area contributed by atoms with E-state index in [0.717, 1.165) is 32.6 Å². The van der Waals surface area contributed by atoms with Crippen molar-refractivity contribution in [3.05, 3.63) is 0 Å². The minimum absolute atomic E-state index is 0.799. The molecule has 0 rings (SSSR count). The minimum Gasteiger partial charge on any atom is -0.330 e. The van der Waals surface area contributed by atoms with Crippen LogP contribution in [0.5, 0.6) is 0 Å². The summed E-state index contributed by atoms with van der Waals surface area (Å²) in [6.45, 7) is 10.8. The summed E-state index contributed by atoms with van der Waals surface area (Å²) < 4.78 is 0. The second-order valence-electron chi connectivity index (χ2n) is 5.64. The third-order valence-electron chi connectivity index (χ3n) is 3.16. The van der Waals surface area contributed by atoms with E-state index in [-0.39, 0.29) is 0 Å². The van der Waals surface area contributed by atoms with Gasteiger partial charge < -0.3 is 21.3 Å². The number of nitrogens with zero attached hydrogens (tertiary/aromatic N) is 2. The van der Waals surface area contributed by atoms with Crippen LogP contribution in [-0.4, -0.2) is 63.2 Å². The van der Waals surface area contributed by atoms with Crippen molar-refractivity contribution >= 4 is 0 Å². The Labute approximate surface area is 127 Å². The third kappa shape index (κ3) is 20.2. The van der Waals surface area contributed by atoms with Crippen molar-refractivity contribution in [2.45, 2.75) is 52.4 Å². The lowest BCUT2D eigenvalue weighted by Gasteiger charge is -2.20. The van der Waals surface area contributed by atoms with E-state index >= 15 is 0 Å². The molecule has 20 heavy (non-hydrogen) atoms. The number of hydrogen-bond acceptors (Lipinski definition) is 4. The van der Waals surface area contributed by atoms with Gasteiger partial charge in [0.1, 0.15) is 0 Å². The van der Waals surface area contributed by atoms with E-state index in [1.54, 1.807) is 0 Å². The molecule has 0 amide bonds. The van der Waals surface area contributed by atoms with Crippen molar-refractivity contribution in [1.29, 1.82) is 0 Å². The minimum atomic E-state index is 0.799. The maximum absolute atomic E-state index is 5.53. The largest absolute Gasteiger partial charge is 0.330 e. The smallest absolute Gasteiger partial charge is 0.0105 e. The molecule has 0 saturated carbocycles. The normalized spacial score (nSPS) is 10.8. The average molecular weight is 289 g/mol. The van der Waals surface area contributed by atoms with Gasteiger partial charge in [0.15, 0.2) is 0 Å². The maximum Gasteiger partial charge on any atom is 0.0105 e. The maximum atomic E-state index is 5.53. The van der Waals surface area contributed by atoms with Crippen LogP contribution in [0.4, 0.5) is 0 Å². The summed E-state index contributed by atoms with van der Waals surface area (Å²) in [6.07, 6.45) is 7.56. The van der Waals surface area contributed by atoms with Crippen molar-refractivity contribution in [3.8, 4) is 0 Å². The molecule has 0 heterocycles. The molecule has 0 aliphatic rings. The lowest BCUT2D eigenvalue weighted by atomic mass is 10.2. The van der Waals surface area contributed by atoms with Gasteiger partial charge in [-0.2, -0.15) is 0 Å². The van der Waals surface area contributed by atoms with Gasteiger partial charge in [0.2, 0.25) is 0 Å². The Hall–Kier alpha value is -0.160. The van der Waals surface area contributed by atoms with Crippen molar-refractivity contribution in [1.82, 2.24) is 9.80 Å². The molecule has 4 nitrogen and oxygen atoms in total.